The summed E-state index contributed by atoms with van der Waals surface area (Å²) in [6.45, 7) is 0.971. The maximum absolute atomic E-state index is 13.0. The molecule has 1 aromatic heterocycles. The van der Waals surface area contributed by atoms with Gasteiger partial charge < -0.3 is 10.6 Å². The summed E-state index contributed by atoms with van der Waals surface area (Å²) in [6, 6.07) is 5.21. The van der Waals surface area contributed by atoms with Gasteiger partial charge in [0.15, 0.2) is 5.13 Å². The van der Waals surface area contributed by atoms with E-state index in [2.05, 4.69) is 15.6 Å². The number of benzene rings is 1. The Morgan fingerprint density at radius 1 is 1.23 bits per heavy atom. The zero-order valence-corrected chi connectivity index (χ0v) is 15.8. The molecule has 1 saturated heterocycles. The second kappa shape index (κ2) is 6.98. The summed E-state index contributed by atoms with van der Waals surface area (Å²) >= 11 is 1.55. The van der Waals surface area contributed by atoms with Crippen molar-refractivity contribution in [3.05, 3.63) is 35.3 Å². The van der Waals surface area contributed by atoms with E-state index in [0.717, 1.165) is 23.5 Å². The fourth-order valence-electron chi connectivity index (χ4n) is 3.38. The number of hydrogen-bond donors (Lipinski definition) is 2. The number of carbonyl (C=O) groups is 1. The number of hydrogen-bond acceptors (Lipinski definition) is 6. The van der Waals surface area contributed by atoms with Crippen LogP contribution in [0.3, 0.4) is 0 Å². The normalized spacial score (nSPS) is 19.0. The highest BCUT2D eigenvalue weighted by Gasteiger charge is 2.30. The second-order valence-electron chi connectivity index (χ2n) is 6.53. The van der Waals surface area contributed by atoms with Crippen molar-refractivity contribution in [2.24, 2.45) is 0 Å². The van der Waals surface area contributed by atoms with Crippen LogP contribution < -0.4 is 10.6 Å². The number of aryl methyl sites for hydroxylation is 1. The molecule has 1 fully saturated rings. The van der Waals surface area contributed by atoms with Gasteiger partial charge in [-0.3, -0.25) is 4.79 Å². The molecule has 4 rings (SSSR count). The smallest absolute Gasteiger partial charge is 0.243 e. The third kappa shape index (κ3) is 3.46. The Morgan fingerprint density at radius 2 is 2.04 bits per heavy atom. The summed E-state index contributed by atoms with van der Waals surface area (Å²) in [7, 11) is -3.51. The van der Waals surface area contributed by atoms with Crippen molar-refractivity contribution in [3.8, 4) is 0 Å². The van der Waals surface area contributed by atoms with Gasteiger partial charge in [-0.2, -0.15) is 4.31 Å². The van der Waals surface area contributed by atoms with Gasteiger partial charge in [-0.25, -0.2) is 13.4 Å². The van der Waals surface area contributed by atoms with Crippen LogP contribution in [0, 0.1) is 0 Å². The Kier molecular flexibility index (Phi) is 4.68. The lowest BCUT2D eigenvalue weighted by atomic mass is 10.0. The van der Waals surface area contributed by atoms with Crippen LogP contribution in [-0.2, 0) is 21.2 Å². The molecule has 7 nitrogen and oxygen atoms in total. The number of nitrogens with one attached hydrogen (secondary N) is 2. The average Bonchev–Trinajstić information content (AvgIpc) is 3.14. The van der Waals surface area contributed by atoms with Gasteiger partial charge in [0.1, 0.15) is 0 Å². The van der Waals surface area contributed by atoms with E-state index in [1.165, 1.54) is 0 Å². The van der Waals surface area contributed by atoms with Crippen molar-refractivity contribution in [1.29, 1.82) is 0 Å². The van der Waals surface area contributed by atoms with Gasteiger partial charge in [0.25, 0.3) is 0 Å². The van der Waals surface area contributed by atoms with Crippen LogP contribution in [0.5, 0.6) is 0 Å². The molecule has 0 atom stereocenters. The molecule has 0 bridgehead atoms. The lowest BCUT2D eigenvalue weighted by molar-refractivity contribution is -0.116. The largest absolute Gasteiger partial charge is 0.359 e. The third-order valence-corrected chi connectivity index (χ3v) is 7.42. The molecule has 2 aromatic rings. The first-order valence-electron chi connectivity index (χ1n) is 8.61. The van der Waals surface area contributed by atoms with Crippen molar-refractivity contribution in [3.63, 3.8) is 0 Å². The Hall–Kier alpha value is -1.97. The Bertz CT molecular complexity index is 904. The monoisotopic (exact) mass is 392 g/mol. The SMILES string of the molecule is O=C1CCc2cc(S(=O)(=O)N3CCC(Nc4nccs4)CC3)ccc2N1. The topological polar surface area (TPSA) is 91.4 Å². The molecule has 2 aliphatic heterocycles. The minimum atomic E-state index is -3.51. The van der Waals surface area contributed by atoms with Gasteiger partial charge in [0.05, 0.1) is 4.90 Å². The molecule has 26 heavy (non-hydrogen) atoms. The van der Waals surface area contributed by atoms with E-state index in [0.29, 0.717) is 36.5 Å². The Balaban J connectivity index is 1.45. The number of fused-ring (bicyclic) bond motifs is 1. The van der Waals surface area contributed by atoms with Crippen LogP contribution in [0.2, 0.25) is 0 Å². The molecule has 1 amide bonds. The van der Waals surface area contributed by atoms with E-state index in [4.69, 9.17) is 0 Å². The fourth-order valence-corrected chi connectivity index (χ4v) is 5.51. The van der Waals surface area contributed by atoms with Crippen LogP contribution in [0.25, 0.3) is 0 Å². The van der Waals surface area contributed by atoms with Crippen molar-refractivity contribution in [2.45, 2.75) is 36.6 Å². The van der Waals surface area contributed by atoms with Gasteiger partial charge in [-0.05, 0) is 43.0 Å². The summed E-state index contributed by atoms with van der Waals surface area (Å²) in [4.78, 5) is 16.0. The first kappa shape index (κ1) is 17.4. The number of amides is 1. The van der Waals surface area contributed by atoms with Crippen LogP contribution >= 0.6 is 11.3 Å². The number of aromatic nitrogens is 1. The van der Waals surface area contributed by atoms with E-state index in [-0.39, 0.29) is 11.9 Å². The van der Waals surface area contributed by atoms with E-state index in [1.54, 1.807) is 40.0 Å². The molecule has 0 radical (unpaired) electrons. The predicted molar refractivity (Wildman–Crippen MR) is 101 cm³/mol. The van der Waals surface area contributed by atoms with E-state index in [9.17, 15) is 13.2 Å². The molecule has 0 spiro atoms. The summed E-state index contributed by atoms with van der Waals surface area (Å²) in [5.74, 6) is -0.0251. The van der Waals surface area contributed by atoms with Crippen LogP contribution in [0.4, 0.5) is 10.8 Å². The van der Waals surface area contributed by atoms with Gasteiger partial charge in [-0.1, -0.05) is 0 Å². The van der Waals surface area contributed by atoms with Crippen LogP contribution in [0.1, 0.15) is 24.8 Å². The number of carbonyl (C=O) groups excluding carboxylic acids is 1. The summed E-state index contributed by atoms with van der Waals surface area (Å²) < 4.78 is 27.5. The molecule has 138 valence electrons. The van der Waals surface area contributed by atoms with Gasteiger partial charge in [0, 0.05) is 42.8 Å². The molecular formula is C17H20N4O3S2. The van der Waals surface area contributed by atoms with E-state index >= 15 is 0 Å². The number of piperidine rings is 1. The van der Waals surface area contributed by atoms with Gasteiger partial charge >= 0.3 is 0 Å². The first-order valence-corrected chi connectivity index (χ1v) is 10.9. The highest BCUT2D eigenvalue weighted by atomic mass is 32.2. The molecule has 0 aliphatic carbocycles. The number of rotatable bonds is 4. The van der Waals surface area contributed by atoms with E-state index in [1.807, 2.05) is 5.38 Å². The zero-order valence-electron chi connectivity index (χ0n) is 14.1. The zero-order chi connectivity index (χ0) is 18.1. The Morgan fingerprint density at radius 3 is 2.77 bits per heavy atom. The molecule has 3 heterocycles. The average molecular weight is 393 g/mol. The minimum absolute atomic E-state index is 0.0251. The highest BCUT2D eigenvalue weighted by molar-refractivity contribution is 7.89. The summed E-state index contributed by atoms with van der Waals surface area (Å²) in [5, 5.41) is 8.94. The molecular weight excluding hydrogens is 372 g/mol. The molecule has 1 aromatic carbocycles. The molecule has 9 heteroatoms. The first-order chi connectivity index (χ1) is 12.5. The molecule has 0 saturated carbocycles. The van der Waals surface area contributed by atoms with E-state index < -0.39 is 10.0 Å². The second-order valence-corrected chi connectivity index (χ2v) is 9.36. The summed E-state index contributed by atoms with van der Waals surface area (Å²) in [6.07, 6.45) is 4.22. The van der Waals surface area contributed by atoms with Gasteiger partial charge in [0.2, 0.25) is 15.9 Å². The number of anilines is 2. The fraction of sp³-hybridized carbons (Fsp3) is 0.412. The number of nitrogens with zero attached hydrogens (tertiary/aromatic N) is 2. The third-order valence-electron chi connectivity index (χ3n) is 4.82. The quantitative estimate of drug-likeness (QED) is 0.833. The Labute approximate surface area is 156 Å². The van der Waals surface area contributed by atoms with Crippen molar-refractivity contribution >= 4 is 38.1 Å². The molecule has 2 N–H and O–H groups in total. The maximum Gasteiger partial charge on any atom is 0.243 e. The minimum Gasteiger partial charge on any atom is -0.359 e. The number of sulfonamides is 1. The van der Waals surface area contributed by atoms with Gasteiger partial charge in [-0.15, -0.1) is 11.3 Å². The molecule has 2 aliphatic rings. The van der Waals surface area contributed by atoms with Crippen LogP contribution in [0.15, 0.2) is 34.7 Å². The van der Waals surface area contributed by atoms with Crippen LogP contribution in [-0.4, -0.2) is 42.7 Å². The lowest BCUT2D eigenvalue weighted by Gasteiger charge is -2.31. The number of thiazole rings is 1. The highest BCUT2D eigenvalue weighted by Crippen LogP contribution is 2.28. The maximum atomic E-state index is 13.0. The van der Waals surface area contributed by atoms with Crippen molar-refractivity contribution in [2.75, 3.05) is 23.7 Å². The molecule has 0 unspecified atom stereocenters. The standard InChI is InChI=1S/C17H20N4O3S2/c22-16-4-1-12-11-14(2-3-15(12)20-16)26(23,24)21-8-5-13(6-9-21)19-17-18-7-10-25-17/h2-3,7,10-11,13H,1,4-6,8-9H2,(H,18,19)(H,20,22). The summed E-state index contributed by atoms with van der Waals surface area (Å²) in [5.41, 5.74) is 1.59. The predicted octanol–water partition coefficient (Wildman–Crippen LogP) is 2.29. The lowest BCUT2D eigenvalue weighted by Crippen LogP contribution is -2.42. The van der Waals surface area contributed by atoms with Crippen molar-refractivity contribution in [1.82, 2.24) is 9.29 Å². The van der Waals surface area contributed by atoms with Crippen molar-refractivity contribution < 1.29 is 13.2 Å².